The van der Waals surface area contributed by atoms with E-state index < -0.39 is 5.41 Å². The van der Waals surface area contributed by atoms with Gasteiger partial charge in [0, 0.05) is 18.6 Å². The van der Waals surface area contributed by atoms with Gasteiger partial charge < -0.3 is 15.3 Å². The summed E-state index contributed by atoms with van der Waals surface area (Å²) >= 11 is 0. The van der Waals surface area contributed by atoms with E-state index in [1.54, 1.807) is 0 Å². The van der Waals surface area contributed by atoms with Gasteiger partial charge in [-0.25, -0.2) is 0 Å². The molecule has 4 saturated carbocycles. The van der Waals surface area contributed by atoms with E-state index in [2.05, 4.69) is 41.5 Å². The molecule has 5 heteroatoms. The zero-order valence-corrected chi connectivity index (χ0v) is 23.6. The Kier molecular flexibility index (Phi) is 5.72. The predicted octanol–water partition coefficient (Wildman–Crippen LogP) is 6.07. The molecule has 4 fully saturated rings. The van der Waals surface area contributed by atoms with E-state index in [4.69, 9.17) is 15.3 Å². The molecule has 9 atom stereocenters. The number of carbonyl (C=O) groups is 2. The van der Waals surface area contributed by atoms with Gasteiger partial charge in [-0.05, 0) is 97.7 Å². The number of Topliss-reactive ketones (excluding diaryl/α,β-unsaturated/α-hetero) is 1. The maximum atomic E-state index is 14.4. The van der Waals surface area contributed by atoms with Gasteiger partial charge in [0.25, 0.3) is 0 Å². The van der Waals surface area contributed by atoms with Crippen molar-refractivity contribution >= 4 is 18.0 Å². The molecule has 3 N–H and O–H groups in total. The third-order valence-electron chi connectivity index (χ3n) is 13.1. The van der Waals surface area contributed by atoms with Gasteiger partial charge in [-0.15, -0.1) is 0 Å². The Morgan fingerprint density at radius 3 is 2.33 bits per heavy atom. The van der Waals surface area contributed by atoms with Gasteiger partial charge in [0.2, 0.25) is 5.76 Å². The average molecular weight is 499 g/mol. The standard InChI is InChI=1S/C31H47NO4/c1-18-20-8-9-29(5)23(28(20,4)15-19(17-32)25(18)34)14-22(33)24-21-16-27(2,3)10-12-31(21,26(35)36-7)13-11-30(24,29)6/h17-18,20-21,23-24,32,34H,8-16H2,1-7H3/p+1/t18-,20?,21?,23?,24?,28+,29-,30-,31+/m1/s1. The van der Waals surface area contributed by atoms with Gasteiger partial charge in [-0.2, -0.15) is 0 Å². The molecular weight excluding hydrogens is 450 g/mol. The number of hydrogen-bond acceptors (Lipinski definition) is 4. The van der Waals surface area contributed by atoms with Crippen molar-refractivity contribution in [1.29, 1.82) is 5.41 Å². The molecule has 0 aromatic rings. The highest BCUT2D eigenvalue weighted by Crippen LogP contribution is 2.75. The monoisotopic (exact) mass is 498 g/mol. The summed E-state index contributed by atoms with van der Waals surface area (Å²) in [7, 11) is 1.52. The summed E-state index contributed by atoms with van der Waals surface area (Å²) < 4.78 is 5.44. The van der Waals surface area contributed by atoms with Gasteiger partial charge in [-0.1, -0.05) is 34.6 Å². The van der Waals surface area contributed by atoms with Crippen LogP contribution in [0.4, 0.5) is 0 Å². The molecule has 5 rings (SSSR count). The van der Waals surface area contributed by atoms with E-state index >= 15 is 0 Å². The zero-order chi connectivity index (χ0) is 26.5. The number of rotatable bonds is 2. The number of esters is 1. The van der Waals surface area contributed by atoms with Crippen molar-refractivity contribution in [2.75, 3.05) is 7.11 Å². The molecule has 5 aliphatic rings. The van der Waals surface area contributed by atoms with Crippen molar-refractivity contribution in [3.8, 4) is 0 Å². The molecule has 36 heavy (non-hydrogen) atoms. The molecule has 4 unspecified atom stereocenters. The summed E-state index contributed by atoms with van der Waals surface area (Å²) in [6, 6.07) is 0. The van der Waals surface area contributed by atoms with E-state index in [1.807, 2.05) is 0 Å². The van der Waals surface area contributed by atoms with Crippen LogP contribution < -0.4 is 0 Å². The van der Waals surface area contributed by atoms with E-state index in [1.165, 1.54) is 13.3 Å². The summed E-state index contributed by atoms with van der Waals surface area (Å²) in [5, 5.41) is 16.7. The lowest BCUT2D eigenvalue weighted by Gasteiger charge is -2.71. The quantitative estimate of drug-likeness (QED) is 0.285. The lowest BCUT2D eigenvalue weighted by molar-refractivity contribution is -0.229. The number of methoxy groups -OCH3 is 1. The molecule has 200 valence electrons. The fraction of sp³-hybridized carbons (Fsp3) is 0.839. The Morgan fingerprint density at radius 1 is 1.03 bits per heavy atom. The largest absolute Gasteiger partial charge is 0.596 e. The fourth-order valence-corrected chi connectivity index (χ4v) is 10.9. The van der Waals surface area contributed by atoms with Crippen LogP contribution in [0.2, 0.25) is 0 Å². The third-order valence-corrected chi connectivity index (χ3v) is 13.1. The summed E-state index contributed by atoms with van der Waals surface area (Å²) in [5.74, 6) is 1.60. The minimum Gasteiger partial charge on any atom is -0.596 e. The van der Waals surface area contributed by atoms with Crippen LogP contribution >= 0.6 is 0 Å². The highest BCUT2D eigenvalue weighted by atomic mass is 16.5. The van der Waals surface area contributed by atoms with Crippen LogP contribution in [-0.2, 0) is 14.3 Å². The van der Waals surface area contributed by atoms with Gasteiger partial charge in [0.1, 0.15) is 5.78 Å². The topological polar surface area (TPSA) is 90.1 Å². The van der Waals surface area contributed by atoms with Crippen LogP contribution in [0.5, 0.6) is 0 Å². The normalized spacial score (nSPS) is 49.8. The first-order chi connectivity index (χ1) is 16.7. The van der Waals surface area contributed by atoms with Gasteiger partial charge >= 0.3 is 5.97 Å². The number of allylic oxidation sites excluding steroid dienone is 2. The molecule has 5 nitrogen and oxygen atoms in total. The Balaban J connectivity index is 1.61. The summed E-state index contributed by atoms with van der Waals surface area (Å²) in [6.07, 6.45) is 9.33. The molecule has 0 bridgehead atoms. The van der Waals surface area contributed by atoms with E-state index in [9.17, 15) is 9.59 Å². The first-order valence-electron chi connectivity index (χ1n) is 14.3. The van der Waals surface area contributed by atoms with Crippen molar-refractivity contribution < 1.29 is 19.4 Å². The maximum absolute atomic E-state index is 14.4. The van der Waals surface area contributed by atoms with Crippen LogP contribution in [0.1, 0.15) is 99.3 Å². The van der Waals surface area contributed by atoms with E-state index in [0.717, 1.165) is 56.9 Å². The highest BCUT2D eigenvalue weighted by Gasteiger charge is 2.72. The van der Waals surface area contributed by atoms with Crippen LogP contribution in [0.25, 0.3) is 0 Å². The third kappa shape index (κ3) is 3.10. The van der Waals surface area contributed by atoms with Crippen LogP contribution in [-0.4, -0.2) is 30.2 Å². The first kappa shape index (κ1) is 26.0. The van der Waals surface area contributed by atoms with Crippen molar-refractivity contribution in [3.05, 3.63) is 11.3 Å². The number of ketones is 1. The molecule has 0 amide bonds. The van der Waals surface area contributed by atoms with Crippen LogP contribution in [0.15, 0.2) is 11.3 Å². The van der Waals surface area contributed by atoms with Gasteiger partial charge in [-0.3, -0.25) is 9.59 Å². The minimum atomic E-state index is -0.524. The minimum absolute atomic E-state index is 0.00686. The highest BCUT2D eigenvalue weighted by molar-refractivity contribution is 5.87. The smallest absolute Gasteiger partial charge is 0.312 e. The number of hydrogen-bond donors (Lipinski definition) is 1. The number of nitrogens with one attached hydrogen (secondary N) is 1. The van der Waals surface area contributed by atoms with Crippen LogP contribution in [0, 0.1) is 62.1 Å². The number of fused-ring (bicyclic) bond motifs is 7. The van der Waals surface area contributed by atoms with Crippen molar-refractivity contribution in [3.63, 3.8) is 0 Å². The van der Waals surface area contributed by atoms with Gasteiger partial charge in [0.05, 0.1) is 24.0 Å². The van der Waals surface area contributed by atoms with Crippen molar-refractivity contribution in [1.82, 2.24) is 0 Å². The van der Waals surface area contributed by atoms with E-state index in [-0.39, 0.29) is 51.3 Å². The lowest BCUT2D eigenvalue weighted by atomic mass is 9.32. The zero-order valence-electron chi connectivity index (χ0n) is 23.6. The predicted molar refractivity (Wildman–Crippen MR) is 142 cm³/mol. The maximum Gasteiger partial charge on any atom is 0.312 e. The van der Waals surface area contributed by atoms with Crippen molar-refractivity contribution in [2.45, 2.75) is 99.3 Å². The molecule has 0 radical (unpaired) electrons. The Labute approximate surface area is 217 Å². The fourth-order valence-electron chi connectivity index (χ4n) is 10.9. The molecule has 0 spiro atoms. The SMILES string of the molecule is COC(=O)[C@]12CCC(C)(C)CC1C1C(=O)CC3[C@@]4(C)CC(C=N)=C([OH2+])[C@H](C)C4CC[C@@]3(C)[C@]1(C)CC2. The average Bonchev–Trinajstić information content (AvgIpc) is 2.82. The lowest BCUT2D eigenvalue weighted by Crippen LogP contribution is -2.68. The summed E-state index contributed by atoms with van der Waals surface area (Å²) in [6.45, 7) is 14.0. The molecule has 0 aromatic heterocycles. The first-order valence-corrected chi connectivity index (χ1v) is 14.3. The Bertz CT molecular complexity index is 1030. The molecule has 0 aromatic carbocycles. The summed E-state index contributed by atoms with van der Waals surface area (Å²) in [4.78, 5) is 27.8. The molecule has 0 saturated heterocycles. The molecule has 5 aliphatic carbocycles. The molecular formula is C31H48NO4+. The van der Waals surface area contributed by atoms with E-state index in [0.29, 0.717) is 23.9 Å². The van der Waals surface area contributed by atoms with Gasteiger partial charge in [0.15, 0.2) is 0 Å². The number of ether oxygens (including phenoxy) is 1. The van der Waals surface area contributed by atoms with Crippen LogP contribution in [0.3, 0.4) is 0 Å². The Morgan fingerprint density at radius 2 is 1.69 bits per heavy atom. The molecule has 0 heterocycles. The second-order valence-electron chi connectivity index (χ2n) is 14.9. The summed E-state index contributed by atoms with van der Waals surface area (Å²) in [5.41, 5.74) is 0.199. The Hall–Kier alpha value is -1.65. The second-order valence-corrected chi connectivity index (χ2v) is 14.9. The van der Waals surface area contributed by atoms with Crippen molar-refractivity contribution in [2.24, 2.45) is 56.7 Å². The number of carbonyl (C=O) groups excluding carboxylic acids is 2. The second kappa shape index (κ2) is 7.93. The molecule has 0 aliphatic heterocycles.